The van der Waals surface area contributed by atoms with E-state index in [2.05, 4.69) is 17.4 Å². The monoisotopic (exact) mass is 315 g/mol. The molecule has 2 aromatic rings. The zero-order valence-electron chi connectivity index (χ0n) is 12.0. The van der Waals surface area contributed by atoms with Crippen LogP contribution in [0.25, 0.3) is 0 Å². The molecule has 0 heterocycles. The predicted octanol–water partition coefficient (Wildman–Crippen LogP) is 3.18. The lowest BCUT2D eigenvalue weighted by molar-refractivity contribution is -0.136. The van der Waals surface area contributed by atoms with Crippen molar-refractivity contribution < 1.29 is 14.7 Å². The molecule has 0 fully saturated rings. The van der Waals surface area contributed by atoms with E-state index in [0.717, 1.165) is 10.6 Å². The summed E-state index contributed by atoms with van der Waals surface area (Å²) in [5.41, 5.74) is 1.79. The molecule has 5 heteroatoms. The number of hydrogen-bond acceptors (Lipinski definition) is 3. The van der Waals surface area contributed by atoms with Gasteiger partial charge in [-0.05, 0) is 29.8 Å². The van der Waals surface area contributed by atoms with Crippen molar-refractivity contribution in [1.29, 1.82) is 0 Å². The number of hydrogen-bond donors (Lipinski definition) is 2. The Morgan fingerprint density at radius 3 is 2.32 bits per heavy atom. The molecule has 0 bridgehead atoms. The zero-order chi connectivity index (χ0) is 15.8. The molecule has 114 valence electrons. The molecule has 2 N–H and O–H groups in total. The lowest BCUT2D eigenvalue weighted by atomic mass is 10.2. The third-order valence-electron chi connectivity index (χ3n) is 2.99. The molecule has 0 unspecified atom stereocenters. The SMILES string of the molecule is O=C(O)CCNC(=O)c1ccc(SCc2ccccc2)cc1. The fourth-order valence-electron chi connectivity index (χ4n) is 1.83. The van der Waals surface area contributed by atoms with E-state index in [1.165, 1.54) is 5.56 Å². The molecule has 0 saturated heterocycles. The molecule has 0 atom stereocenters. The summed E-state index contributed by atoms with van der Waals surface area (Å²) in [4.78, 5) is 23.3. The molecule has 0 aromatic heterocycles. The molecule has 1 amide bonds. The van der Waals surface area contributed by atoms with Crippen LogP contribution in [0.5, 0.6) is 0 Å². The van der Waals surface area contributed by atoms with Gasteiger partial charge in [-0.1, -0.05) is 30.3 Å². The number of aliphatic carboxylic acids is 1. The van der Waals surface area contributed by atoms with Gasteiger partial charge in [-0.15, -0.1) is 11.8 Å². The minimum atomic E-state index is -0.923. The second-order valence-corrected chi connectivity index (χ2v) is 5.75. The van der Waals surface area contributed by atoms with Gasteiger partial charge in [0.2, 0.25) is 0 Å². The maximum atomic E-state index is 11.8. The first-order valence-electron chi connectivity index (χ1n) is 6.92. The first-order chi connectivity index (χ1) is 10.6. The van der Waals surface area contributed by atoms with E-state index in [1.54, 1.807) is 23.9 Å². The van der Waals surface area contributed by atoms with Gasteiger partial charge in [0.05, 0.1) is 6.42 Å². The summed E-state index contributed by atoms with van der Waals surface area (Å²) in [6.45, 7) is 0.138. The Hall–Kier alpha value is -2.27. The molecule has 4 nitrogen and oxygen atoms in total. The summed E-state index contributed by atoms with van der Waals surface area (Å²) in [6, 6.07) is 17.5. The first kappa shape index (κ1) is 16.1. The largest absolute Gasteiger partial charge is 0.481 e. The average molecular weight is 315 g/mol. The molecule has 0 radical (unpaired) electrons. The Bertz CT molecular complexity index is 626. The summed E-state index contributed by atoms with van der Waals surface area (Å²) in [7, 11) is 0. The number of thioether (sulfide) groups is 1. The van der Waals surface area contributed by atoms with Crippen LogP contribution in [-0.4, -0.2) is 23.5 Å². The van der Waals surface area contributed by atoms with Crippen LogP contribution in [0.2, 0.25) is 0 Å². The van der Waals surface area contributed by atoms with Crippen molar-refractivity contribution in [3.8, 4) is 0 Å². The van der Waals surface area contributed by atoms with Crippen molar-refractivity contribution in [2.45, 2.75) is 17.1 Å². The van der Waals surface area contributed by atoms with Crippen LogP contribution in [0.15, 0.2) is 59.5 Å². The number of amides is 1. The smallest absolute Gasteiger partial charge is 0.305 e. The molecule has 0 aliphatic rings. The quantitative estimate of drug-likeness (QED) is 0.770. The second-order valence-electron chi connectivity index (χ2n) is 4.70. The Morgan fingerprint density at radius 2 is 1.68 bits per heavy atom. The van der Waals surface area contributed by atoms with E-state index < -0.39 is 5.97 Å². The van der Waals surface area contributed by atoms with E-state index in [4.69, 9.17) is 5.11 Å². The Balaban J connectivity index is 1.84. The third-order valence-corrected chi connectivity index (χ3v) is 4.07. The maximum absolute atomic E-state index is 11.8. The number of nitrogens with one attached hydrogen (secondary N) is 1. The highest BCUT2D eigenvalue weighted by Crippen LogP contribution is 2.22. The zero-order valence-corrected chi connectivity index (χ0v) is 12.8. The summed E-state index contributed by atoms with van der Waals surface area (Å²) < 4.78 is 0. The summed E-state index contributed by atoms with van der Waals surface area (Å²) in [5, 5.41) is 11.1. The Morgan fingerprint density at radius 1 is 1.00 bits per heavy atom. The van der Waals surface area contributed by atoms with Crippen LogP contribution in [0, 0.1) is 0 Å². The molecule has 2 aromatic carbocycles. The standard InChI is InChI=1S/C17H17NO3S/c19-16(20)10-11-18-17(21)14-6-8-15(9-7-14)22-12-13-4-2-1-3-5-13/h1-9H,10-12H2,(H,18,21)(H,19,20). The number of benzene rings is 2. The van der Waals surface area contributed by atoms with Crippen LogP contribution in [0.4, 0.5) is 0 Å². The van der Waals surface area contributed by atoms with Crippen molar-refractivity contribution in [2.75, 3.05) is 6.54 Å². The molecular formula is C17H17NO3S. The molecule has 22 heavy (non-hydrogen) atoms. The van der Waals surface area contributed by atoms with Crippen LogP contribution in [0.3, 0.4) is 0 Å². The summed E-state index contributed by atoms with van der Waals surface area (Å²) >= 11 is 1.71. The van der Waals surface area contributed by atoms with Crippen molar-refractivity contribution in [2.24, 2.45) is 0 Å². The van der Waals surface area contributed by atoms with Crippen LogP contribution in [0.1, 0.15) is 22.3 Å². The van der Waals surface area contributed by atoms with Gasteiger partial charge in [0, 0.05) is 22.8 Å². The number of carbonyl (C=O) groups is 2. The van der Waals surface area contributed by atoms with E-state index >= 15 is 0 Å². The van der Waals surface area contributed by atoms with E-state index in [-0.39, 0.29) is 18.9 Å². The molecule has 0 saturated carbocycles. The van der Waals surface area contributed by atoms with E-state index in [0.29, 0.717) is 5.56 Å². The highest BCUT2D eigenvalue weighted by molar-refractivity contribution is 7.98. The number of carboxylic acids is 1. The third kappa shape index (κ3) is 5.26. The van der Waals surface area contributed by atoms with Crippen molar-refractivity contribution in [1.82, 2.24) is 5.32 Å². The second kappa shape index (κ2) is 8.24. The Kier molecular flexibility index (Phi) is 6.03. The van der Waals surface area contributed by atoms with Gasteiger partial charge >= 0.3 is 5.97 Å². The fraction of sp³-hybridized carbons (Fsp3) is 0.176. The van der Waals surface area contributed by atoms with Gasteiger partial charge in [0.1, 0.15) is 0 Å². The average Bonchev–Trinajstić information content (AvgIpc) is 2.54. The van der Waals surface area contributed by atoms with Crippen LogP contribution >= 0.6 is 11.8 Å². The fourth-order valence-corrected chi connectivity index (χ4v) is 2.68. The van der Waals surface area contributed by atoms with Crippen LogP contribution in [-0.2, 0) is 10.5 Å². The highest BCUT2D eigenvalue weighted by Gasteiger charge is 2.06. The number of rotatable bonds is 7. The summed E-state index contributed by atoms with van der Waals surface area (Å²) in [5.74, 6) is -0.292. The molecule has 0 spiro atoms. The predicted molar refractivity (Wildman–Crippen MR) is 87.0 cm³/mol. The summed E-state index contributed by atoms with van der Waals surface area (Å²) in [6.07, 6.45) is -0.0727. The maximum Gasteiger partial charge on any atom is 0.305 e. The van der Waals surface area contributed by atoms with E-state index in [9.17, 15) is 9.59 Å². The first-order valence-corrected chi connectivity index (χ1v) is 7.90. The topological polar surface area (TPSA) is 66.4 Å². The lowest BCUT2D eigenvalue weighted by Crippen LogP contribution is -2.25. The lowest BCUT2D eigenvalue weighted by Gasteiger charge is -2.05. The number of carboxylic acid groups (broad SMARTS) is 1. The highest BCUT2D eigenvalue weighted by atomic mass is 32.2. The molecular weight excluding hydrogens is 298 g/mol. The van der Waals surface area contributed by atoms with E-state index in [1.807, 2.05) is 30.3 Å². The van der Waals surface area contributed by atoms with Gasteiger partial charge in [-0.3, -0.25) is 9.59 Å². The molecule has 0 aliphatic heterocycles. The normalized spacial score (nSPS) is 10.2. The van der Waals surface area contributed by atoms with Crippen LogP contribution < -0.4 is 5.32 Å². The van der Waals surface area contributed by atoms with Crippen molar-refractivity contribution >= 4 is 23.6 Å². The van der Waals surface area contributed by atoms with Gasteiger partial charge in [-0.25, -0.2) is 0 Å². The van der Waals surface area contributed by atoms with Crippen molar-refractivity contribution in [3.05, 3.63) is 65.7 Å². The minimum Gasteiger partial charge on any atom is -0.481 e. The van der Waals surface area contributed by atoms with Gasteiger partial charge in [-0.2, -0.15) is 0 Å². The Labute approximate surface area is 133 Å². The minimum absolute atomic E-state index is 0.0727. The van der Waals surface area contributed by atoms with Gasteiger partial charge < -0.3 is 10.4 Å². The van der Waals surface area contributed by atoms with Gasteiger partial charge in [0.15, 0.2) is 0 Å². The number of carbonyl (C=O) groups excluding carboxylic acids is 1. The molecule has 0 aliphatic carbocycles. The molecule has 2 rings (SSSR count). The van der Waals surface area contributed by atoms with Gasteiger partial charge in [0.25, 0.3) is 5.91 Å². The van der Waals surface area contributed by atoms with Crippen molar-refractivity contribution in [3.63, 3.8) is 0 Å².